The maximum Gasteiger partial charge on any atom is 0.0163 e. The Labute approximate surface area is 136 Å². The summed E-state index contributed by atoms with van der Waals surface area (Å²) < 4.78 is 0. The number of aromatic nitrogens is 1. The molecule has 0 saturated carbocycles. The van der Waals surface area contributed by atoms with Crippen molar-refractivity contribution in [1.29, 1.82) is 0 Å². The molecule has 0 atom stereocenters. The molecule has 1 aromatic heterocycles. The Morgan fingerprint density at radius 1 is 1.15 bits per heavy atom. The van der Waals surface area contributed by atoms with Crippen LogP contribution in [0.3, 0.4) is 0 Å². The van der Waals surface area contributed by atoms with E-state index >= 15 is 0 Å². The van der Waals surface area contributed by atoms with Crippen LogP contribution in [0.4, 0.5) is 0 Å². The third-order valence-electron chi connectivity index (χ3n) is 3.64. The van der Waals surface area contributed by atoms with Gasteiger partial charge in [-0.3, -0.25) is 0 Å². The third kappa shape index (κ3) is 3.56. The second-order valence-corrected chi connectivity index (χ2v) is 5.19. The molecule has 0 aliphatic heterocycles. The second kappa shape index (κ2) is 7.71. The topological polar surface area (TPSA) is 12.9 Å². The Kier molecular flexibility index (Phi) is 6.58. The van der Waals surface area contributed by atoms with E-state index in [0.29, 0.717) is 5.92 Å². The van der Waals surface area contributed by atoms with Gasteiger partial charge in [0.1, 0.15) is 0 Å². The van der Waals surface area contributed by atoms with Gasteiger partial charge in [0.05, 0.1) is 0 Å². The number of benzene rings is 1. The molecular formula is C18H22IrN-. The van der Waals surface area contributed by atoms with E-state index in [1.165, 1.54) is 22.3 Å². The molecule has 1 nitrogen and oxygen atoms in total. The molecule has 1 radical (unpaired) electrons. The minimum atomic E-state index is 0. The molecule has 0 unspecified atom stereocenters. The van der Waals surface area contributed by atoms with E-state index in [9.17, 15) is 0 Å². The predicted molar refractivity (Wildman–Crippen MR) is 81.4 cm³/mol. The van der Waals surface area contributed by atoms with E-state index in [1.807, 2.05) is 12.3 Å². The number of hydrogen-bond donors (Lipinski definition) is 0. The molecular weight excluding hydrogens is 422 g/mol. The van der Waals surface area contributed by atoms with Gasteiger partial charge in [0.25, 0.3) is 0 Å². The number of pyridine rings is 1. The molecule has 0 saturated heterocycles. The summed E-state index contributed by atoms with van der Waals surface area (Å²) in [6, 6.07) is 11.9. The molecule has 0 spiro atoms. The maximum atomic E-state index is 4.54. The second-order valence-electron chi connectivity index (χ2n) is 5.19. The Balaban J connectivity index is 0.00000200. The standard InChI is InChI=1S/C18H22N.Ir/c1-5-14-8-7-9-17(16(14)6-2)18-12-15(13(3)4)10-11-19-18;/h7-8,10-13H,5-6H2,1-4H3;/q-1;. The van der Waals surface area contributed by atoms with Crippen LogP contribution in [0.5, 0.6) is 0 Å². The summed E-state index contributed by atoms with van der Waals surface area (Å²) in [4.78, 5) is 4.54. The van der Waals surface area contributed by atoms with Crippen molar-refractivity contribution in [2.45, 2.75) is 46.5 Å². The Hall–Kier alpha value is -0.981. The van der Waals surface area contributed by atoms with Gasteiger partial charge in [0, 0.05) is 26.3 Å². The molecule has 0 N–H and O–H groups in total. The zero-order valence-electron chi connectivity index (χ0n) is 12.7. The van der Waals surface area contributed by atoms with Crippen molar-refractivity contribution in [1.82, 2.24) is 4.98 Å². The van der Waals surface area contributed by atoms with Crippen molar-refractivity contribution in [3.05, 3.63) is 53.2 Å². The first-order valence-corrected chi connectivity index (χ1v) is 7.16. The van der Waals surface area contributed by atoms with E-state index in [0.717, 1.165) is 18.5 Å². The fourth-order valence-corrected chi connectivity index (χ4v) is 2.48. The van der Waals surface area contributed by atoms with Gasteiger partial charge >= 0.3 is 0 Å². The number of nitrogens with zero attached hydrogens (tertiary/aromatic N) is 1. The monoisotopic (exact) mass is 445 g/mol. The summed E-state index contributed by atoms with van der Waals surface area (Å²) in [7, 11) is 0. The minimum Gasteiger partial charge on any atom is -0.305 e. The van der Waals surface area contributed by atoms with Gasteiger partial charge in [-0.15, -0.1) is 34.9 Å². The summed E-state index contributed by atoms with van der Waals surface area (Å²) in [5, 5.41) is 0. The van der Waals surface area contributed by atoms with E-state index < -0.39 is 0 Å². The number of rotatable bonds is 4. The van der Waals surface area contributed by atoms with E-state index in [2.05, 4.69) is 56.9 Å². The molecule has 2 aromatic rings. The van der Waals surface area contributed by atoms with Gasteiger partial charge in [-0.25, -0.2) is 0 Å². The number of hydrogen-bond acceptors (Lipinski definition) is 1. The molecule has 0 aliphatic carbocycles. The van der Waals surface area contributed by atoms with Gasteiger partial charge in [0.15, 0.2) is 0 Å². The first-order chi connectivity index (χ1) is 9.17. The van der Waals surface area contributed by atoms with Crippen LogP contribution in [-0.2, 0) is 32.9 Å². The van der Waals surface area contributed by atoms with Crippen molar-refractivity contribution < 1.29 is 20.1 Å². The predicted octanol–water partition coefficient (Wildman–Crippen LogP) is 4.79. The largest absolute Gasteiger partial charge is 0.305 e. The van der Waals surface area contributed by atoms with Crippen molar-refractivity contribution in [2.24, 2.45) is 0 Å². The van der Waals surface area contributed by atoms with E-state index in [1.54, 1.807) is 0 Å². The molecule has 109 valence electrons. The average molecular weight is 445 g/mol. The van der Waals surface area contributed by atoms with Crippen LogP contribution < -0.4 is 0 Å². The van der Waals surface area contributed by atoms with Crippen LogP contribution in [-0.4, -0.2) is 4.98 Å². The summed E-state index contributed by atoms with van der Waals surface area (Å²) >= 11 is 0. The Morgan fingerprint density at radius 3 is 2.50 bits per heavy atom. The van der Waals surface area contributed by atoms with E-state index in [4.69, 9.17) is 0 Å². The average Bonchev–Trinajstić information content (AvgIpc) is 2.46. The van der Waals surface area contributed by atoms with Gasteiger partial charge in [0.2, 0.25) is 0 Å². The van der Waals surface area contributed by atoms with Crippen LogP contribution in [0.2, 0.25) is 0 Å². The van der Waals surface area contributed by atoms with Gasteiger partial charge < -0.3 is 4.98 Å². The molecule has 0 fully saturated rings. The quantitative estimate of drug-likeness (QED) is 0.618. The molecule has 0 amide bonds. The summed E-state index contributed by atoms with van der Waals surface area (Å²) in [5.74, 6) is 0.529. The van der Waals surface area contributed by atoms with Gasteiger partial charge in [-0.05, 0) is 24.1 Å². The molecule has 20 heavy (non-hydrogen) atoms. The maximum absolute atomic E-state index is 4.54. The minimum absolute atomic E-state index is 0. The zero-order valence-corrected chi connectivity index (χ0v) is 15.1. The third-order valence-corrected chi connectivity index (χ3v) is 3.64. The van der Waals surface area contributed by atoms with Gasteiger partial charge in [-0.1, -0.05) is 45.7 Å². The van der Waals surface area contributed by atoms with Crippen LogP contribution in [0.15, 0.2) is 30.5 Å². The fraction of sp³-hybridized carbons (Fsp3) is 0.389. The first kappa shape index (κ1) is 17.1. The fourth-order valence-electron chi connectivity index (χ4n) is 2.48. The van der Waals surface area contributed by atoms with Crippen molar-refractivity contribution in [2.75, 3.05) is 0 Å². The summed E-state index contributed by atoms with van der Waals surface area (Å²) in [6.45, 7) is 8.84. The van der Waals surface area contributed by atoms with Crippen molar-refractivity contribution in [3.63, 3.8) is 0 Å². The van der Waals surface area contributed by atoms with Crippen LogP contribution >= 0.6 is 0 Å². The molecule has 1 heterocycles. The van der Waals surface area contributed by atoms with E-state index in [-0.39, 0.29) is 20.1 Å². The number of aryl methyl sites for hydroxylation is 1. The first-order valence-electron chi connectivity index (χ1n) is 7.16. The molecule has 2 heteroatoms. The van der Waals surface area contributed by atoms with Crippen LogP contribution in [0.1, 0.15) is 50.3 Å². The molecule has 0 aliphatic rings. The Morgan fingerprint density at radius 2 is 1.90 bits per heavy atom. The molecule has 0 bridgehead atoms. The summed E-state index contributed by atoms with van der Waals surface area (Å²) in [5.41, 5.74) is 6.36. The molecule has 1 aromatic carbocycles. The zero-order chi connectivity index (χ0) is 13.8. The van der Waals surface area contributed by atoms with Crippen molar-refractivity contribution in [3.8, 4) is 11.3 Å². The van der Waals surface area contributed by atoms with Gasteiger partial charge in [-0.2, -0.15) is 0 Å². The van der Waals surface area contributed by atoms with Crippen LogP contribution in [0.25, 0.3) is 11.3 Å². The molecule has 2 rings (SSSR count). The normalized spacial score (nSPS) is 10.4. The van der Waals surface area contributed by atoms with Crippen molar-refractivity contribution >= 4 is 0 Å². The smallest absolute Gasteiger partial charge is 0.0163 e. The summed E-state index contributed by atoms with van der Waals surface area (Å²) in [6.07, 6.45) is 4.01. The Bertz CT molecular complexity index is 561. The van der Waals surface area contributed by atoms with Crippen LogP contribution in [0, 0.1) is 6.07 Å². The SMILES string of the molecule is CCc1cc[c-]c(-c2cc(C(C)C)ccn2)c1CC.[Ir].